The number of methoxy groups -OCH3 is 3. The van der Waals surface area contributed by atoms with Crippen molar-refractivity contribution in [1.29, 1.82) is 0 Å². The second-order valence-corrected chi connectivity index (χ2v) is 3.90. The average molecular weight is 282 g/mol. The van der Waals surface area contributed by atoms with Gasteiger partial charge < -0.3 is 18.7 Å². The number of ether oxygens (including phenoxy) is 3. The highest BCUT2D eigenvalue weighted by atomic mass is 32.1. The van der Waals surface area contributed by atoms with E-state index < -0.39 is 0 Å². The first-order chi connectivity index (χ1) is 9.23. The van der Waals surface area contributed by atoms with E-state index in [9.17, 15) is 0 Å². The molecule has 0 aliphatic heterocycles. The molecule has 0 atom stereocenters. The Balaban J connectivity index is 2.51. The summed E-state index contributed by atoms with van der Waals surface area (Å²) in [5, 5.41) is 3.88. The van der Waals surface area contributed by atoms with Crippen LogP contribution in [0, 0.1) is 0 Å². The summed E-state index contributed by atoms with van der Waals surface area (Å²) in [5.41, 5.74) is 0.714. The Morgan fingerprint density at radius 3 is 2.16 bits per heavy atom. The predicted molar refractivity (Wildman–Crippen MR) is 72.1 cm³/mol. The topological polar surface area (TPSA) is 66.6 Å². The summed E-state index contributed by atoms with van der Waals surface area (Å²) in [5.74, 6) is 2.88. The van der Waals surface area contributed by atoms with Crippen molar-refractivity contribution in [2.24, 2.45) is 0 Å². The van der Waals surface area contributed by atoms with Gasteiger partial charge in [-0.3, -0.25) is 0 Å². The summed E-state index contributed by atoms with van der Waals surface area (Å²) in [6.45, 7) is 0. The van der Waals surface area contributed by atoms with Gasteiger partial charge in [0, 0.05) is 5.56 Å². The number of aromatic nitrogens is 2. The second kappa shape index (κ2) is 5.83. The lowest BCUT2D eigenvalue weighted by Crippen LogP contribution is -1.96. The largest absolute Gasteiger partial charge is 0.493 e. The van der Waals surface area contributed by atoms with Crippen LogP contribution >= 0.6 is 12.6 Å². The summed E-state index contributed by atoms with van der Waals surface area (Å²) in [6.07, 6.45) is 0. The van der Waals surface area contributed by atoms with Crippen LogP contribution in [0.15, 0.2) is 16.7 Å². The van der Waals surface area contributed by atoms with Crippen LogP contribution in [0.1, 0.15) is 5.89 Å². The van der Waals surface area contributed by atoms with E-state index in [2.05, 4.69) is 22.8 Å². The monoisotopic (exact) mass is 282 g/mol. The van der Waals surface area contributed by atoms with Gasteiger partial charge in [-0.15, -0.1) is 0 Å². The Labute approximate surface area is 116 Å². The molecule has 0 amide bonds. The van der Waals surface area contributed by atoms with E-state index in [4.69, 9.17) is 18.7 Å². The molecule has 2 aromatic rings. The average Bonchev–Trinajstić information content (AvgIpc) is 2.94. The van der Waals surface area contributed by atoms with Crippen molar-refractivity contribution < 1.29 is 18.7 Å². The third-order valence-corrected chi connectivity index (χ3v) is 2.80. The van der Waals surface area contributed by atoms with Gasteiger partial charge in [0.1, 0.15) is 0 Å². The number of hydrogen-bond acceptors (Lipinski definition) is 7. The molecular weight excluding hydrogens is 268 g/mol. The Morgan fingerprint density at radius 1 is 1.11 bits per heavy atom. The standard InChI is InChI=1S/C12H14N2O4S/c1-15-8-4-7(5-9(16-2)11(8)17-3)12-13-10(6-19)18-14-12/h4-5,19H,6H2,1-3H3. The molecule has 2 rings (SSSR count). The summed E-state index contributed by atoms with van der Waals surface area (Å²) in [7, 11) is 4.65. The van der Waals surface area contributed by atoms with E-state index in [0.29, 0.717) is 40.3 Å². The van der Waals surface area contributed by atoms with E-state index in [1.165, 1.54) is 0 Å². The molecule has 19 heavy (non-hydrogen) atoms. The molecule has 0 unspecified atom stereocenters. The highest BCUT2D eigenvalue weighted by Crippen LogP contribution is 2.40. The van der Waals surface area contributed by atoms with Crippen molar-refractivity contribution >= 4 is 12.6 Å². The normalized spacial score (nSPS) is 10.3. The van der Waals surface area contributed by atoms with Crippen LogP contribution in [-0.2, 0) is 5.75 Å². The lowest BCUT2D eigenvalue weighted by Gasteiger charge is -2.12. The van der Waals surface area contributed by atoms with Gasteiger partial charge in [-0.05, 0) is 12.1 Å². The number of benzene rings is 1. The smallest absolute Gasteiger partial charge is 0.236 e. The molecule has 0 N–H and O–H groups in total. The van der Waals surface area contributed by atoms with Crippen molar-refractivity contribution in [2.75, 3.05) is 21.3 Å². The number of nitrogens with zero attached hydrogens (tertiary/aromatic N) is 2. The van der Waals surface area contributed by atoms with E-state index in [-0.39, 0.29) is 0 Å². The Bertz CT molecular complexity index is 546. The van der Waals surface area contributed by atoms with Crippen LogP contribution in [0.2, 0.25) is 0 Å². The minimum absolute atomic E-state index is 0.386. The molecular formula is C12H14N2O4S. The molecule has 0 bridgehead atoms. The van der Waals surface area contributed by atoms with E-state index >= 15 is 0 Å². The first kappa shape index (κ1) is 13.5. The Morgan fingerprint density at radius 2 is 1.74 bits per heavy atom. The van der Waals surface area contributed by atoms with Gasteiger partial charge in [0.2, 0.25) is 17.5 Å². The molecule has 6 nitrogen and oxygen atoms in total. The van der Waals surface area contributed by atoms with Gasteiger partial charge in [0.15, 0.2) is 11.5 Å². The van der Waals surface area contributed by atoms with Crippen molar-refractivity contribution in [1.82, 2.24) is 10.1 Å². The minimum Gasteiger partial charge on any atom is -0.493 e. The zero-order chi connectivity index (χ0) is 13.8. The molecule has 1 aromatic carbocycles. The second-order valence-electron chi connectivity index (χ2n) is 3.58. The molecule has 1 aromatic heterocycles. The molecule has 0 spiro atoms. The predicted octanol–water partition coefficient (Wildman–Crippen LogP) is 2.19. The van der Waals surface area contributed by atoms with Crippen LogP contribution in [0.4, 0.5) is 0 Å². The van der Waals surface area contributed by atoms with Crippen molar-refractivity contribution in [3.05, 3.63) is 18.0 Å². The fourth-order valence-electron chi connectivity index (χ4n) is 1.65. The van der Waals surface area contributed by atoms with Gasteiger partial charge in [0.25, 0.3) is 0 Å². The Hall–Kier alpha value is -1.89. The zero-order valence-electron chi connectivity index (χ0n) is 10.8. The quantitative estimate of drug-likeness (QED) is 0.848. The Kier molecular flexibility index (Phi) is 4.16. The maximum Gasteiger partial charge on any atom is 0.236 e. The molecule has 7 heteroatoms. The lowest BCUT2D eigenvalue weighted by molar-refractivity contribution is 0.324. The van der Waals surface area contributed by atoms with Crippen molar-refractivity contribution in [3.63, 3.8) is 0 Å². The number of hydrogen-bond donors (Lipinski definition) is 1. The summed E-state index contributed by atoms with van der Waals surface area (Å²) >= 11 is 4.08. The summed E-state index contributed by atoms with van der Waals surface area (Å²) < 4.78 is 20.8. The van der Waals surface area contributed by atoms with Crippen LogP contribution < -0.4 is 14.2 Å². The number of thiol groups is 1. The SMILES string of the molecule is COc1cc(-c2noc(CS)n2)cc(OC)c1OC. The van der Waals surface area contributed by atoms with E-state index in [0.717, 1.165) is 0 Å². The molecule has 1 heterocycles. The third-order valence-electron chi connectivity index (χ3n) is 2.53. The first-order valence-electron chi connectivity index (χ1n) is 5.47. The van der Waals surface area contributed by atoms with Crippen molar-refractivity contribution in [3.8, 4) is 28.6 Å². The van der Waals surface area contributed by atoms with E-state index in [1.807, 2.05) is 0 Å². The molecule has 0 saturated carbocycles. The molecule has 102 valence electrons. The molecule has 0 fully saturated rings. The maximum absolute atomic E-state index is 5.27. The minimum atomic E-state index is 0.386. The zero-order valence-corrected chi connectivity index (χ0v) is 11.7. The molecule has 0 aliphatic carbocycles. The summed E-state index contributed by atoms with van der Waals surface area (Å²) in [4.78, 5) is 4.20. The van der Waals surface area contributed by atoms with Crippen LogP contribution in [0.3, 0.4) is 0 Å². The van der Waals surface area contributed by atoms with Crippen LogP contribution in [0.25, 0.3) is 11.4 Å². The number of rotatable bonds is 5. The van der Waals surface area contributed by atoms with Gasteiger partial charge in [-0.1, -0.05) is 5.16 Å². The third kappa shape index (κ3) is 2.60. The fourth-order valence-corrected chi connectivity index (χ4v) is 1.77. The van der Waals surface area contributed by atoms with Gasteiger partial charge in [-0.2, -0.15) is 17.6 Å². The fraction of sp³-hybridized carbons (Fsp3) is 0.333. The van der Waals surface area contributed by atoms with Gasteiger partial charge in [-0.25, -0.2) is 0 Å². The van der Waals surface area contributed by atoms with Gasteiger partial charge >= 0.3 is 0 Å². The van der Waals surface area contributed by atoms with Crippen LogP contribution in [0.5, 0.6) is 17.2 Å². The van der Waals surface area contributed by atoms with E-state index in [1.54, 1.807) is 33.5 Å². The molecule has 0 aliphatic rings. The molecule has 0 radical (unpaired) electrons. The van der Waals surface area contributed by atoms with Crippen molar-refractivity contribution in [2.45, 2.75) is 5.75 Å². The summed E-state index contributed by atoms with van der Waals surface area (Å²) in [6, 6.07) is 3.52. The highest BCUT2D eigenvalue weighted by molar-refractivity contribution is 7.79. The van der Waals surface area contributed by atoms with Crippen LogP contribution in [-0.4, -0.2) is 31.5 Å². The lowest BCUT2D eigenvalue weighted by atomic mass is 10.1. The molecule has 0 saturated heterocycles. The van der Waals surface area contributed by atoms with Gasteiger partial charge in [0.05, 0.1) is 27.1 Å². The highest BCUT2D eigenvalue weighted by Gasteiger charge is 2.16. The maximum atomic E-state index is 5.27. The first-order valence-corrected chi connectivity index (χ1v) is 6.10.